The molecule has 5 fully saturated rings. The highest BCUT2D eigenvalue weighted by molar-refractivity contribution is 7.90. The first-order valence-electron chi connectivity index (χ1n) is 28.3. The van der Waals surface area contributed by atoms with Crippen molar-refractivity contribution in [1.82, 2.24) is 29.5 Å². The Morgan fingerprint density at radius 3 is 2.56 bits per heavy atom. The van der Waals surface area contributed by atoms with Gasteiger partial charge in [0, 0.05) is 112 Å². The molecular weight excluding hydrogens is 1040 g/mol. The number of anilines is 4. The largest absolute Gasteiger partial charge is 0.491 e. The number of aromatic nitrogens is 3. The summed E-state index contributed by atoms with van der Waals surface area (Å²) >= 11 is 0. The Morgan fingerprint density at radius 2 is 1.76 bits per heavy atom. The van der Waals surface area contributed by atoms with Crippen LogP contribution >= 0.6 is 0 Å². The lowest BCUT2D eigenvalue weighted by Crippen LogP contribution is -2.59. The van der Waals surface area contributed by atoms with Crippen molar-refractivity contribution in [2.45, 2.75) is 107 Å². The number of amides is 1. The summed E-state index contributed by atoms with van der Waals surface area (Å²) in [4.78, 5) is 48.6. The number of aromatic amines is 1. The third-order valence-electron chi connectivity index (χ3n) is 17.7. The molecule has 0 radical (unpaired) electrons. The molecule has 1 aliphatic carbocycles. The number of pyridine rings is 2. The lowest BCUT2D eigenvalue weighted by molar-refractivity contribution is -0.384. The number of H-pyrrole nitrogens is 1. The van der Waals surface area contributed by atoms with Crippen LogP contribution in [0.2, 0.25) is 0 Å². The minimum absolute atomic E-state index is 0.0258. The van der Waals surface area contributed by atoms with E-state index in [0.717, 1.165) is 101 Å². The maximum atomic E-state index is 14.9. The Morgan fingerprint density at radius 1 is 0.938 bits per heavy atom. The number of carbonyl (C=O) groups is 1. The second-order valence-corrected chi connectivity index (χ2v) is 24.7. The van der Waals surface area contributed by atoms with Gasteiger partial charge in [-0.3, -0.25) is 29.7 Å². The van der Waals surface area contributed by atoms with Crippen molar-refractivity contribution in [1.29, 1.82) is 0 Å². The summed E-state index contributed by atoms with van der Waals surface area (Å²) in [6.45, 7) is 11.5. The molecule has 420 valence electrons. The smallest absolute Gasteiger partial charge is 0.297 e. The van der Waals surface area contributed by atoms with Crippen LogP contribution < -0.4 is 34.0 Å². The summed E-state index contributed by atoms with van der Waals surface area (Å²) in [5.74, 6) is 0.597. The highest BCUT2D eigenvalue weighted by atomic mass is 32.2. The Hall–Kier alpha value is -7.04. The first-order chi connectivity index (χ1) is 38.8. The number of carbonyl (C=O) groups excluding carboxylic acids is 1. The van der Waals surface area contributed by atoms with Crippen LogP contribution in [0.1, 0.15) is 86.3 Å². The molecule has 3 aromatic heterocycles. The fourth-order valence-electron chi connectivity index (χ4n) is 13.6. The number of hydrogen-bond donors (Lipinski definition) is 3. The van der Waals surface area contributed by atoms with Gasteiger partial charge in [-0.2, -0.15) is 4.98 Å². The summed E-state index contributed by atoms with van der Waals surface area (Å²) < 4.78 is 61.7. The van der Waals surface area contributed by atoms with Gasteiger partial charge in [0.05, 0.1) is 51.9 Å². The molecule has 3 N–H and O–H groups in total. The van der Waals surface area contributed by atoms with Gasteiger partial charge in [-0.1, -0.05) is 24.3 Å². The number of fused-ring (bicyclic) bond motifs is 4. The van der Waals surface area contributed by atoms with E-state index in [1.165, 1.54) is 17.2 Å². The summed E-state index contributed by atoms with van der Waals surface area (Å²) in [6.07, 6.45) is 11.5. The fraction of sp³-hybridized carbons (Fsp3) is 0.475. The molecule has 3 aromatic carbocycles. The molecule has 1 saturated carbocycles. The fourth-order valence-corrected chi connectivity index (χ4v) is 14.6. The van der Waals surface area contributed by atoms with Gasteiger partial charge in [-0.15, -0.1) is 0 Å². The van der Waals surface area contributed by atoms with Crippen LogP contribution in [-0.2, 0) is 26.0 Å². The number of nitrogens with zero attached hydrogens (tertiary/aromatic N) is 7. The average Bonchev–Trinajstić information content (AvgIpc) is 3.96. The van der Waals surface area contributed by atoms with Crippen LogP contribution in [0.5, 0.6) is 17.4 Å². The number of ether oxygens (including phenoxy) is 5. The van der Waals surface area contributed by atoms with Gasteiger partial charge >= 0.3 is 0 Å². The Balaban J connectivity index is 0.777. The molecule has 0 bridgehead atoms. The summed E-state index contributed by atoms with van der Waals surface area (Å²) in [7, 11) is -4.71. The zero-order chi connectivity index (χ0) is 54.7. The maximum Gasteiger partial charge on any atom is 0.297 e. The Bertz CT molecular complexity index is 3400. The summed E-state index contributed by atoms with van der Waals surface area (Å²) in [5, 5.41) is 16.7. The van der Waals surface area contributed by atoms with E-state index >= 15 is 0 Å². The number of para-hydroxylation sites is 1. The van der Waals surface area contributed by atoms with Crippen molar-refractivity contribution in [3.05, 3.63) is 124 Å². The molecule has 6 aliphatic heterocycles. The molecule has 13 rings (SSSR count). The van der Waals surface area contributed by atoms with Crippen molar-refractivity contribution in [3.63, 3.8) is 0 Å². The Labute approximate surface area is 465 Å². The Kier molecular flexibility index (Phi) is 14.0. The van der Waals surface area contributed by atoms with Crippen LogP contribution in [-0.4, -0.2) is 140 Å². The first kappa shape index (κ1) is 52.3. The SMILES string of the molecule is CC(C)Oc1ccccc1[C@@H]1CN(Cc2cccnc2)CCN1C1CC2(CCN(c3ccc(C(=O)NS(=O)(=O)c4cc5c(c([N+](=O)[O-])c4)N[C@H](C4CCOCC4)CO5)c(N4c5cc6cc[nH]c6nc5O[C@H]5COCC[C@@H]54)c3)CC2)C1. The minimum atomic E-state index is -4.71. The maximum absolute atomic E-state index is 14.9. The van der Waals surface area contributed by atoms with E-state index in [1.807, 2.05) is 48.9 Å². The lowest BCUT2D eigenvalue weighted by atomic mass is 9.59. The van der Waals surface area contributed by atoms with E-state index in [9.17, 15) is 23.3 Å². The number of nitro groups is 1. The zero-order valence-corrected chi connectivity index (χ0v) is 45.9. The summed E-state index contributed by atoms with van der Waals surface area (Å²) in [5.41, 5.74) is 5.03. The predicted molar refractivity (Wildman–Crippen MR) is 301 cm³/mol. The van der Waals surface area contributed by atoms with Crippen molar-refractivity contribution < 1.29 is 41.8 Å². The van der Waals surface area contributed by atoms with E-state index < -0.39 is 37.5 Å². The van der Waals surface area contributed by atoms with Gasteiger partial charge < -0.3 is 43.8 Å². The third kappa shape index (κ3) is 10.2. The van der Waals surface area contributed by atoms with Gasteiger partial charge in [0.15, 0.2) is 11.4 Å². The topological polar surface area (TPSA) is 219 Å². The molecule has 21 heteroatoms. The standard InChI is InChI=1S/C59H68N10O10S/c1-37(2)78-52-8-4-3-7-44(52)51-34-65(33-38-6-5-17-60-32-38)21-22-67(51)42-30-59(31-42)15-19-66(20-16-59)41-9-10-45(48(27-41)68-47-14-25-76-36-54(47)79-58-50(68)26-40-11-18-61-56(40)63-58)57(70)64-80(73,74)43-28-49(69(71)72)55-53(29-43)77-35-46(62-55)39-12-23-75-24-13-39/h3-11,17-18,26-29,32,37,39,42,46-47,51,54,62H,12-16,19-25,30-31,33-36H2,1-2H3,(H,61,63)(H,64,70)/t46-,47-,51-,54-/m0/s1. The van der Waals surface area contributed by atoms with Gasteiger partial charge in [-0.05, 0) is 118 Å². The molecule has 20 nitrogen and oxygen atoms in total. The predicted octanol–water partition coefficient (Wildman–Crippen LogP) is 8.37. The highest BCUT2D eigenvalue weighted by Gasteiger charge is 2.51. The van der Waals surface area contributed by atoms with Crippen LogP contribution in [0.15, 0.2) is 102 Å². The number of sulfonamides is 1. The molecule has 7 aliphatic rings. The van der Waals surface area contributed by atoms with Crippen molar-refractivity contribution in [2.75, 3.05) is 80.9 Å². The zero-order valence-electron chi connectivity index (χ0n) is 45.1. The van der Waals surface area contributed by atoms with Crippen LogP contribution in [0, 0.1) is 21.4 Å². The molecule has 9 heterocycles. The number of piperazine rings is 1. The molecule has 80 heavy (non-hydrogen) atoms. The molecule has 0 unspecified atom stereocenters. The second-order valence-electron chi connectivity index (χ2n) is 23.0. The van der Waals surface area contributed by atoms with E-state index in [4.69, 9.17) is 28.7 Å². The molecule has 1 amide bonds. The molecule has 1 spiro atoms. The molecular formula is C59H68N10O10S. The van der Waals surface area contributed by atoms with Gasteiger partial charge in [0.2, 0.25) is 5.88 Å². The monoisotopic (exact) mass is 1110 g/mol. The number of piperidine rings is 1. The third-order valence-corrected chi connectivity index (χ3v) is 19.0. The molecule has 6 aromatic rings. The molecule has 4 atom stereocenters. The minimum Gasteiger partial charge on any atom is -0.491 e. The van der Waals surface area contributed by atoms with E-state index in [-0.39, 0.29) is 59.2 Å². The average molecular weight is 1110 g/mol. The second kappa shape index (κ2) is 21.5. The highest BCUT2D eigenvalue weighted by Crippen LogP contribution is 2.54. The van der Waals surface area contributed by atoms with E-state index in [2.05, 4.69) is 83.8 Å². The van der Waals surface area contributed by atoms with Gasteiger partial charge in [-0.25, -0.2) is 13.1 Å². The lowest BCUT2D eigenvalue weighted by Gasteiger charge is -2.58. The molecule has 4 saturated heterocycles. The van der Waals surface area contributed by atoms with E-state index in [1.54, 1.807) is 6.07 Å². The van der Waals surface area contributed by atoms with Crippen molar-refractivity contribution >= 4 is 55.4 Å². The number of nitro benzene ring substituents is 1. The quantitative estimate of drug-likeness (QED) is 0.0731. The number of rotatable bonds is 13. The van der Waals surface area contributed by atoms with Crippen molar-refractivity contribution in [2.24, 2.45) is 11.3 Å². The normalized spacial score (nSPS) is 23.5. The van der Waals surface area contributed by atoms with Crippen LogP contribution in [0.3, 0.4) is 0 Å². The van der Waals surface area contributed by atoms with Crippen LogP contribution in [0.25, 0.3) is 11.0 Å². The number of benzene rings is 3. The van der Waals surface area contributed by atoms with Crippen molar-refractivity contribution in [3.8, 4) is 17.4 Å². The first-order valence-corrected chi connectivity index (χ1v) is 29.7. The van der Waals surface area contributed by atoms with Gasteiger partial charge in [0.25, 0.3) is 21.6 Å². The number of hydrogen-bond acceptors (Lipinski definition) is 17. The summed E-state index contributed by atoms with van der Waals surface area (Å²) in [6, 6.07) is 24.5. The van der Waals surface area contributed by atoms with Crippen LogP contribution in [0.4, 0.5) is 28.4 Å². The van der Waals surface area contributed by atoms with Gasteiger partial charge in [0.1, 0.15) is 29.8 Å². The number of nitrogens with one attached hydrogen (secondary N) is 3. The van der Waals surface area contributed by atoms with E-state index in [0.29, 0.717) is 61.8 Å².